The van der Waals surface area contributed by atoms with Crippen LogP contribution in [0, 0.1) is 0 Å². The largest absolute Gasteiger partial charge is 0.368 e. The zero-order valence-electron chi connectivity index (χ0n) is 6.03. The number of rotatable bonds is 0. The molecule has 0 aliphatic rings. The number of anilines is 1. The van der Waals surface area contributed by atoms with Gasteiger partial charge in [0.15, 0.2) is 0 Å². The molecule has 0 spiro atoms. The SMILES string of the molecule is Nc1ncc2cncc(Cl)c2n1. The third kappa shape index (κ3) is 1.06. The molecule has 2 aromatic heterocycles. The van der Waals surface area contributed by atoms with Gasteiger partial charge in [-0.2, -0.15) is 0 Å². The lowest BCUT2D eigenvalue weighted by molar-refractivity contribution is 1.22. The molecule has 2 N–H and O–H groups in total. The molecular weight excluding hydrogens is 176 g/mol. The second kappa shape index (κ2) is 2.57. The minimum Gasteiger partial charge on any atom is -0.368 e. The average molecular weight is 181 g/mol. The predicted octanol–water partition coefficient (Wildman–Crippen LogP) is 1.26. The Morgan fingerprint density at radius 2 is 2.08 bits per heavy atom. The standard InChI is InChI=1S/C7H5ClN4/c8-5-3-10-1-4-2-11-7(9)12-6(4)5/h1-3H,(H2,9,11,12). The normalized spacial score (nSPS) is 10.4. The van der Waals surface area contributed by atoms with E-state index in [0.717, 1.165) is 5.39 Å². The van der Waals surface area contributed by atoms with Crippen LogP contribution in [0.3, 0.4) is 0 Å². The van der Waals surface area contributed by atoms with E-state index < -0.39 is 0 Å². The molecule has 2 rings (SSSR count). The number of fused-ring (bicyclic) bond motifs is 1. The summed E-state index contributed by atoms with van der Waals surface area (Å²) in [5, 5.41) is 1.28. The summed E-state index contributed by atoms with van der Waals surface area (Å²) < 4.78 is 0. The maximum absolute atomic E-state index is 5.82. The molecule has 4 nitrogen and oxygen atoms in total. The van der Waals surface area contributed by atoms with Crippen molar-refractivity contribution in [2.24, 2.45) is 0 Å². The van der Waals surface area contributed by atoms with Crippen LogP contribution in [0.25, 0.3) is 10.9 Å². The van der Waals surface area contributed by atoms with Gasteiger partial charge in [0.1, 0.15) is 0 Å². The van der Waals surface area contributed by atoms with Crippen LogP contribution >= 0.6 is 11.6 Å². The maximum Gasteiger partial charge on any atom is 0.220 e. The second-order valence-corrected chi connectivity index (χ2v) is 2.69. The van der Waals surface area contributed by atoms with Gasteiger partial charge in [-0.25, -0.2) is 9.97 Å². The number of hydrogen-bond donors (Lipinski definition) is 1. The fourth-order valence-electron chi connectivity index (χ4n) is 0.935. The quantitative estimate of drug-likeness (QED) is 0.663. The van der Waals surface area contributed by atoms with Crippen molar-refractivity contribution in [1.82, 2.24) is 15.0 Å². The molecule has 0 radical (unpaired) electrons. The van der Waals surface area contributed by atoms with Gasteiger partial charge in [0.2, 0.25) is 5.95 Å². The van der Waals surface area contributed by atoms with Gasteiger partial charge >= 0.3 is 0 Å². The highest BCUT2D eigenvalue weighted by Crippen LogP contribution is 2.18. The maximum atomic E-state index is 5.82. The minimum atomic E-state index is 0.218. The van der Waals surface area contributed by atoms with E-state index in [1.807, 2.05) is 0 Å². The van der Waals surface area contributed by atoms with Crippen LogP contribution in [0.15, 0.2) is 18.6 Å². The first-order valence-corrected chi connectivity index (χ1v) is 3.67. The van der Waals surface area contributed by atoms with Crippen molar-refractivity contribution in [1.29, 1.82) is 0 Å². The summed E-state index contributed by atoms with van der Waals surface area (Å²) >= 11 is 5.82. The molecule has 0 atom stereocenters. The zero-order chi connectivity index (χ0) is 8.55. The van der Waals surface area contributed by atoms with Crippen LogP contribution in [0.2, 0.25) is 5.02 Å². The second-order valence-electron chi connectivity index (χ2n) is 2.29. The van der Waals surface area contributed by atoms with Crippen molar-refractivity contribution in [2.75, 3.05) is 5.73 Å². The van der Waals surface area contributed by atoms with Gasteiger partial charge in [-0.05, 0) is 0 Å². The molecule has 0 aliphatic carbocycles. The van der Waals surface area contributed by atoms with Crippen LogP contribution in [0.4, 0.5) is 5.95 Å². The smallest absolute Gasteiger partial charge is 0.220 e. The molecular formula is C7H5ClN4. The molecule has 2 aromatic rings. The molecule has 0 fully saturated rings. The first kappa shape index (κ1) is 7.24. The molecule has 12 heavy (non-hydrogen) atoms. The molecule has 0 unspecified atom stereocenters. The van der Waals surface area contributed by atoms with Crippen molar-refractivity contribution in [3.05, 3.63) is 23.6 Å². The topological polar surface area (TPSA) is 64.7 Å². The zero-order valence-corrected chi connectivity index (χ0v) is 6.78. The minimum absolute atomic E-state index is 0.218. The Kier molecular flexibility index (Phi) is 1.55. The molecule has 0 bridgehead atoms. The number of nitrogen functional groups attached to an aromatic ring is 1. The molecule has 5 heteroatoms. The Bertz CT molecular complexity index is 429. The van der Waals surface area contributed by atoms with Crippen molar-refractivity contribution in [3.8, 4) is 0 Å². The number of nitrogens with two attached hydrogens (primary N) is 1. The van der Waals surface area contributed by atoms with Crippen molar-refractivity contribution in [2.45, 2.75) is 0 Å². The predicted molar refractivity (Wildman–Crippen MR) is 46.8 cm³/mol. The lowest BCUT2D eigenvalue weighted by atomic mass is 10.3. The van der Waals surface area contributed by atoms with Gasteiger partial charge in [-0.3, -0.25) is 4.98 Å². The molecule has 0 aromatic carbocycles. The van der Waals surface area contributed by atoms with Crippen LogP contribution in [-0.4, -0.2) is 15.0 Å². The molecule has 0 amide bonds. The molecule has 0 aliphatic heterocycles. The Morgan fingerprint density at radius 3 is 2.92 bits per heavy atom. The highest BCUT2D eigenvalue weighted by Gasteiger charge is 2.00. The highest BCUT2D eigenvalue weighted by molar-refractivity contribution is 6.34. The van der Waals surface area contributed by atoms with Crippen LogP contribution in [0.5, 0.6) is 0 Å². The first-order valence-electron chi connectivity index (χ1n) is 3.29. The summed E-state index contributed by atoms with van der Waals surface area (Å²) in [5.74, 6) is 0.218. The Balaban J connectivity index is 2.88. The fraction of sp³-hybridized carbons (Fsp3) is 0. The fourth-order valence-corrected chi connectivity index (χ4v) is 1.14. The monoisotopic (exact) mass is 180 g/mol. The van der Waals surface area contributed by atoms with Gasteiger partial charge in [0.05, 0.1) is 10.5 Å². The van der Waals surface area contributed by atoms with Crippen molar-refractivity contribution < 1.29 is 0 Å². The lowest BCUT2D eigenvalue weighted by Crippen LogP contribution is -1.94. The van der Waals surface area contributed by atoms with E-state index in [-0.39, 0.29) is 5.95 Å². The molecule has 2 heterocycles. The van der Waals surface area contributed by atoms with E-state index in [0.29, 0.717) is 10.5 Å². The van der Waals surface area contributed by atoms with E-state index >= 15 is 0 Å². The third-order valence-corrected chi connectivity index (χ3v) is 1.74. The Hall–Kier alpha value is -1.42. The molecule has 60 valence electrons. The van der Waals surface area contributed by atoms with E-state index in [1.54, 1.807) is 12.4 Å². The van der Waals surface area contributed by atoms with Crippen molar-refractivity contribution in [3.63, 3.8) is 0 Å². The van der Waals surface area contributed by atoms with E-state index in [4.69, 9.17) is 17.3 Å². The lowest BCUT2D eigenvalue weighted by Gasteiger charge is -1.97. The first-order chi connectivity index (χ1) is 5.77. The third-order valence-electron chi connectivity index (χ3n) is 1.46. The van der Waals surface area contributed by atoms with E-state index in [2.05, 4.69) is 15.0 Å². The van der Waals surface area contributed by atoms with Crippen LogP contribution < -0.4 is 5.73 Å². The number of halogens is 1. The van der Waals surface area contributed by atoms with Gasteiger partial charge in [-0.15, -0.1) is 0 Å². The summed E-state index contributed by atoms with van der Waals surface area (Å²) in [5.41, 5.74) is 6.03. The summed E-state index contributed by atoms with van der Waals surface area (Å²) in [6.45, 7) is 0. The highest BCUT2D eigenvalue weighted by atomic mass is 35.5. The average Bonchev–Trinajstić information content (AvgIpc) is 2.07. The van der Waals surface area contributed by atoms with E-state index in [1.165, 1.54) is 6.20 Å². The summed E-state index contributed by atoms with van der Waals surface area (Å²) in [6, 6.07) is 0. The Labute approximate surface area is 73.4 Å². The van der Waals surface area contributed by atoms with Gasteiger partial charge in [-0.1, -0.05) is 11.6 Å². The van der Waals surface area contributed by atoms with Crippen LogP contribution in [-0.2, 0) is 0 Å². The van der Waals surface area contributed by atoms with Crippen LogP contribution in [0.1, 0.15) is 0 Å². The number of pyridine rings is 1. The summed E-state index contributed by atoms with van der Waals surface area (Å²) in [4.78, 5) is 11.7. The van der Waals surface area contributed by atoms with E-state index in [9.17, 15) is 0 Å². The van der Waals surface area contributed by atoms with Gasteiger partial charge in [0, 0.05) is 24.0 Å². The Morgan fingerprint density at radius 1 is 1.25 bits per heavy atom. The summed E-state index contributed by atoms with van der Waals surface area (Å²) in [6.07, 6.45) is 4.76. The molecule has 0 saturated heterocycles. The summed E-state index contributed by atoms with van der Waals surface area (Å²) in [7, 11) is 0. The number of hydrogen-bond acceptors (Lipinski definition) is 4. The van der Waals surface area contributed by atoms with Gasteiger partial charge in [0.25, 0.3) is 0 Å². The molecule has 0 saturated carbocycles. The van der Waals surface area contributed by atoms with Gasteiger partial charge < -0.3 is 5.73 Å². The number of aromatic nitrogens is 3. The van der Waals surface area contributed by atoms with Crippen molar-refractivity contribution >= 4 is 28.5 Å². The number of nitrogens with zero attached hydrogens (tertiary/aromatic N) is 3.